The van der Waals surface area contributed by atoms with Crippen LogP contribution in [0.1, 0.15) is 35.1 Å². The second kappa shape index (κ2) is 17.2. The molecule has 1 saturated heterocycles. The number of halogens is 3. The van der Waals surface area contributed by atoms with Gasteiger partial charge in [-0.1, -0.05) is 89.4 Å². The van der Waals surface area contributed by atoms with Gasteiger partial charge in [0, 0.05) is 83.4 Å². The van der Waals surface area contributed by atoms with Crippen LogP contribution in [0.3, 0.4) is 0 Å². The molecule has 0 saturated carbocycles. The number of benzene rings is 4. The normalized spacial score (nSPS) is 14.7. The van der Waals surface area contributed by atoms with Crippen LogP contribution in [0.25, 0.3) is 22.3 Å². The van der Waals surface area contributed by atoms with Gasteiger partial charge in [0.2, 0.25) is 5.91 Å². The molecule has 50 heavy (non-hydrogen) atoms. The van der Waals surface area contributed by atoms with Crippen LogP contribution in [0.5, 0.6) is 5.75 Å². The smallest absolute Gasteiger partial charge is 0.323 e. The lowest BCUT2D eigenvalue weighted by Gasteiger charge is -2.19. The van der Waals surface area contributed by atoms with Crippen LogP contribution in [0, 0.1) is 5.41 Å². The van der Waals surface area contributed by atoms with E-state index in [0.29, 0.717) is 51.1 Å². The average Bonchev–Trinajstić information content (AvgIpc) is 3.53. The molecule has 1 amide bonds. The third kappa shape index (κ3) is 8.58. The molecular formula is C37H38Cl3N5O5. The van der Waals surface area contributed by atoms with Gasteiger partial charge in [0.05, 0.1) is 23.8 Å². The van der Waals surface area contributed by atoms with Gasteiger partial charge < -0.3 is 36.3 Å². The maximum Gasteiger partial charge on any atom is 0.323 e. The Morgan fingerprint density at radius 3 is 2.40 bits per heavy atom. The highest BCUT2D eigenvalue weighted by Gasteiger charge is 2.22. The molecular weight excluding hydrogens is 701 g/mol. The van der Waals surface area contributed by atoms with Gasteiger partial charge >= 0.3 is 5.97 Å². The molecule has 2 unspecified atom stereocenters. The lowest BCUT2D eigenvalue weighted by molar-refractivity contribution is -0.140. The summed E-state index contributed by atoms with van der Waals surface area (Å²) >= 11 is 20.4. The van der Waals surface area contributed by atoms with E-state index in [9.17, 15) is 19.8 Å². The van der Waals surface area contributed by atoms with Crippen LogP contribution in [-0.2, 0) is 29.2 Å². The fourth-order valence-corrected chi connectivity index (χ4v) is 6.99. The SMILES string of the molecule is COc1c(CNC(CO)C(=O)O)cc(Cl)c(CNc2cccc(-c3cccc(-c4ccc(CNCC5CCC(=O)N5)cc4)c3Cl)c2C=N)c1Cl. The molecule has 2 atom stereocenters. The maximum absolute atomic E-state index is 11.4. The molecule has 0 radical (unpaired) electrons. The van der Waals surface area contributed by atoms with Crippen LogP contribution >= 0.6 is 34.8 Å². The van der Waals surface area contributed by atoms with Crippen molar-refractivity contribution < 1.29 is 24.5 Å². The van der Waals surface area contributed by atoms with Gasteiger partial charge in [0.15, 0.2) is 0 Å². The van der Waals surface area contributed by atoms with Crippen molar-refractivity contribution in [2.45, 2.75) is 44.6 Å². The Kier molecular flexibility index (Phi) is 12.7. The standard InChI is InChI=1S/C37H38Cl3N5O5/c1-50-36-23(17-43-32(20-46)37(48)49)14-30(38)29(35(36)40)19-44-31-7-3-5-26(28(31)15-41)27-6-2-4-25(34(27)39)22-10-8-21(9-11-22)16-42-18-24-12-13-33(47)45-24/h2-11,14-15,24,32,41-44,46H,12-13,16-20H2,1H3,(H,45,47)(H,48,49). The van der Waals surface area contributed by atoms with E-state index in [4.69, 9.17) is 44.9 Å². The van der Waals surface area contributed by atoms with Gasteiger partial charge in [-0.05, 0) is 35.2 Å². The Bertz CT molecular complexity index is 1870. The summed E-state index contributed by atoms with van der Waals surface area (Å²) in [6, 6.07) is 20.3. The molecule has 7 N–H and O–H groups in total. The van der Waals surface area contributed by atoms with Gasteiger partial charge in [-0.3, -0.25) is 14.9 Å². The molecule has 4 aromatic rings. The summed E-state index contributed by atoms with van der Waals surface area (Å²) in [5.41, 5.74) is 6.85. The van der Waals surface area contributed by atoms with Crippen molar-refractivity contribution in [1.29, 1.82) is 5.41 Å². The number of hydrogen-bond donors (Lipinski definition) is 7. The van der Waals surface area contributed by atoms with Crippen LogP contribution in [0.4, 0.5) is 5.69 Å². The highest BCUT2D eigenvalue weighted by Crippen LogP contribution is 2.40. The highest BCUT2D eigenvalue weighted by molar-refractivity contribution is 6.37. The summed E-state index contributed by atoms with van der Waals surface area (Å²) in [5.74, 6) is -0.748. The van der Waals surface area contributed by atoms with Crippen LogP contribution < -0.4 is 26.0 Å². The molecule has 0 spiro atoms. The predicted molar refractivity (Wildman–Crippen MR) is 199 cm³/mol. The Morgan fingerprint density at radius 2 is 1.74 bits per heavy atom. The molecule has 0 aliphatic carbocycles. The number of rotatable bonds is 16. The molecule has 1 heterocycles. The number of aliphatic carboxylic acids is 1. The minimum atomic E-state index is -1.19. The molecule has 0 bridgehead atoms. The molecule has 10 nitrogen and oxygen atoms in total. The fourth-order valence-electron chi connectivity index (χ4n) is 5.95. The average molecular weight is 739 g/mol. The van der Waals surface area contributed by atoms with Gasteiger partial charge in [-0.15, -0.1) is 0 Å². The summed E-state index contributed by atoms with van der Waals surface area (Å²) < 4.78 is 5.54. The van der Waals surface area contributed by atoms with Crippen molar-refractivity contribution in [2.24, 2.45) is 0 Å². The number of methoxy groups -OCH3 is 1. The summed E-state index contributed by atoms with van der Waals surface area (Å²) in [4.78, 5) is 22.8. The monoisotopic (exact) mass is 737 g/mol. The minimum Gasteiger partial charge on any atom is -0.495 e. The van der Waals surface area contributed by atoms with E-state index in [1.807, 2.05) is 48.5 Å². The van der Waals surface area contributed by atoms with Crippen molar-refractivity contribution in [1.82, 2.24) is 16.0 Å². The van der Waals surface area contributed by atoms with Crippen molar-refractivity contribution in [3.8, 4) is 28.0 Å². The van der Waals surface area contributed by atoms with Gasteiger partial charge in [-0.2, -0.15) is 0 Å². The number of aliphatic hydroxyl groups excluding tert-OH is 1. The zero-order valence-corrected chi connectivity index (χ0v) is 29.6. The number of nitrogens with one attached hydrogen (secondary N) is 5. The molecule has 1 fully saturated rings. The Morgan fingerprint density at radius 1 is 1.02 bits per heavy atom. The Balaban J connectivity index is 1.33. The summed E-state index contributed by atoms with van der Waals surface area (Å²) in [6.45, 7) is 1.08. The number of carbonyl (C=O) groups excluding carboxylic acids is 1. The minimum absolute atomic E-state index is 0.0530. The first-order valence-corrected chi connectivity index (χ1v) is 17.1. The van der Waals surface area contributed by atoms with Crippen LogP contribution in [0.2, 0.25) is 15.1 Å². The maximum atomic E-state index is 11.4. The zero-order valence-electron chi connectivity index (χ0n) is 27.3. The first-order valence-electron chi connectivity index (χ1n) is 16.0. The molecule has 1 aliphatic heterocycles. The third-order valence-corrected chi connectivity index (χ3v) is 9.78. The molecule has 262 valence electrons. The van der Waals surface area contributed by atoms with E-state index in [1.165, 1.54) is 13.3 Å². The second-order valence-corrected chi connectivity index (χ2v) is 13.0. The zero-order chi connectivity index (χ0) is 35.8. The predicted octanol–water partition coefficient (Wildman–Crippen LogP) is 6.50. The number of hydrogen-bond acceptors (Lipinski definition) is 8. The first kappa shape index (κ1) is 37.1. The fraction of sp³-hybridized carbons (Fsp3) is 0.270. The van der Waals surface area contributed by atoms with E-state index in [1.54, 1.807) is 6.07 Å². The molecule has 4 aromatic carbocycles. The van der Waals surface area contributed by atoms with Crippen molar-refractivity contribution in [2.75, 3.05) is 25.6 Å². The molecule has 1 aliphatic rings. The quantitative estimate of drug-likeness (QED) is 0.0643. The summed E-state index contributed by atoms with van der Waals surface area (Å²) in [6.07, 6.45) is 2.72. The highest BCUT2D eigenvalue weighted by atomic mass is 35.5. The number of carbonyl (C=O) groups is 2. The van der Waals surface area contributed by atoms with Gasteiger partial charge in [0.25, 0.3) is 0 Å². The van der Waals surface area contributed by atoms with Crippen LogP contribution in [0.15, 0.2) is 66.7 Å². The van der Waals surface area contributed by atoms with E-state index < -0.39 is 18.6 Å². The number of carboxylic acid groups (broad SMARTS) is 1. The summed E-state index contributed by atoms with van der Waals surface area (Å²) in [7, 11) is 1.46. The largest absolute Gasteiger partial charge is 0.495 e. The van der Waals surface area contributed by atoms with Crippen molar-refractivity contribution >= 4 is 58.6 Å². The van der Waals surface area contributed by atoms with Gasteiger partial charge in [0.1, 0.15) is 11.8 Å². The van der Waals surface area contributed by atoms with Crippen molar-refractivity contribution in [3.63, 3.8) is 0 Å². The first-order chi connectivity index (χ1) is 24.1. The summed E-state index contributed by atoms with van der Waals surface area (Å²) in [5, 5.41) is 40.6. The Hall–Kier alpha value is -4.16. The lowest BCUT2D eigenvalue weighted by Crippen LogP contribution is -2.39. The van der Waals surface area contributed by atoms with Gasteiger partial charge in [-0.25, -0.2) is 0 Å². The van der Waals surface area contributed by atoms with Crippen molar-refractivity contribution in [3.05, 3.63) is 104 Å². The molecule has 13 heteroatoms. The number of amides is 1. The topological polar surface area (TPSA) is 156 Å². The third-order valence-electron chi connectivity index (χ3n) is 8.63. The second-order valence-electron chi connectivity index (χ2n) is 11.9. The van der Waals surface area contributed by atoms with E-state index in [0.717, 1.165) is 40.8 Å². The van der Waals surface area contributed by atoms with E-state index in [-0.39, 0.29) is 30.1 Å². The van der Waals surface area contributed by atoms with E-state index >= 15 is 0 Å². The van der Waals surface area contributed by atoms with E-state index in [2.05, 4.69) is 33.4 Å². The number of ether oxygens (including phenoxy) is 1. The molecule has 5 rings (SSSR count). The number of aliphatic hydroxyl groups is 1. The number of carboxylic acids is 1. The Labute approximate surface area is 305 Å². The molecule has 0 aromatic heterocycles. The lowest BCUT2D eigenvalue weighted by atomic mass is 9.94. The van der Waals surface area contributed by atoms with Crippen LogP contribution in [-0.4, -0.2) is 60.6 Å². The number of anilines is 1.